The van der Waals surface area contributed by atoms with Gasteiger partial charge in [-0.15, -0.1) is 0 Å². The number of rotatable bonds is 6. The molecule has 1 heterocycles. The van der Waals surface area contributed by atoms with Gasteiger partial charge in [-0.2, -0.15) is 0 Å². The van der Waals surface area contributed by atoms with Crippen LogP contribution in [-0.2, 0) is 33.3 Å². The van der Waals surface area contributed by atoms with Crippen LogP contribution in [0.2, 0.25) is 0 Å². The zero-order valence-electron chi connectivity index (χ0n) is 28.3. The van der Waals surface area contributed by atoms with E-state index in [1.807, 2.05) is 27.7 Å². The van der Waals surface area contributed by atoms with Crippen molar-refractivity contribution in [1.82, 2.24) is 5.32 Å². The fraction of sp³-hybridized carbons (Fsp3) is 0.765. The first-order chi connectivity index (χ1) is 20.6. The molecule has 45 heavy (non-hydrogen) atoms. The van der Waals surface area contributed by atoms with Crippen molar-refractivity contribution in [3.8, 4) is 0 Å². The largest absolute Gasteiger partial charge is 0.458 e. The number of Topliss-reactive ketones (excluding diaryl/α,β-unsaturated/α-hetero) is 1. The van der Waals surface area contributed by atoms with Gasteiger partial charge in [0, 0.05) is 31.1 Å². The number of alkyl carbamates (subject to hydrolysis) is 1. The van der Waals surface area contributed by atoms with Crippen LogP contribution in [0.5, 0.6) is 0 Å². The Hall–Kier alpha value is -2.76. The highest BCUT2D eigenvalue weighted by Gasteiger charge is 2.67. The maximum Gasteiger partial charge on any atom is 0.408 e. The molecular formula is C34H51NO10. The van der Waals surface area contributed by atoms with Crippen LogP contribution in [0.1, 0.15) is 94.9 Å². The molecule has 2 unspecified atom stereocenters. The molecule has 2 saturated carbocycles. The van der Waals surface area contributed by atoms with Gasteiger partial charge in [-0.05, 0) is 72.0 Å². The lowest BCUT2D eigenvalue weighted by Gasteiger charge is -2.62. The average Bonchev–Trinajstić information content (AvgIpc) is 2.84. The molecule has 1 aliphatic heterocycles. The molecule has 2 bridgehead atoms. The van der Waals surface area contributed by atoms with E-state index in [0.717, 1.165) is 5.57 Å². The summed E-state index contributed by atoms with van der Waals surface area (Å²) in [5, 5.41) is 26.7. The van der Waals surface area contributed by atoms with Crippen molar-refractivity contribution in [2.45, 2.75) is 137 Å². The second-order valence-corrected chi connectivity index (χ2v) is 15.4. The van der Waals surface area contributed by atoms with E-state index in [9.17, 15) is 29.4 Å². The molecule has 11 nitrogen and oxygen atoms in total. The molecule has 1 amide bonds. The lowest BCUT2D eigenvalue weighted by Crippen LogP contribution is -2.69. The molecule has 3 aliphatic carbocycles. The van der Waals surface area contributed by atoms with Crippen LogP contribution in [0.25, 0.3) is 0 Å². The first-order valence-corrected chi connectivity index (χ1v) is 15.9. The number of hydrogen-bond donors (Lipinski definition) is 3. The van der Waals surface area contributed by atoms with Crippen molar-refractivity contribution in [1.29, 1.82) is 0 Å². The van der Waals surface area contributed by atoms with Gasteiger partial charge < -0.3 is 34.5 Å². The van der Waals surface area contributed by atoms with Crippen LogP contribution in [0.4, 0.5) is 4.79 Å². The Kier molecular flexibility index (Phi) is 9.45. The van der Waals surface area contributed by atoms with E-state index in [1.165, 1.54) is 6.92 Å². The van der Waals surface area contributed by atoms with Crippen LogP contribution in [0.3, 0.4) is 0 Å². The number of allylic oxidation sites excluding steroid dienone is 1. The molecule has 0 aromatic rings. The zero-order chi connectivity index (χ0) is 33.9. The Labute approximate surface area is 266 Å². The van der Waals surface area contributed by atoms with E-state index in [-0.39, 0.29) is 37.7 Å². The van der Waals surface area contributed by atoms with Gasteiger partial charge in [0.25, 0.3) is 0 Å². The Morgan fingerprint density at radius 1 is 1.11 bits per heavy atom. The van der Waals surface area contributed by atoms with Crippen LogP contribution in [0.15, 0.2) is 22.8 Å². The highest BCUT2D eigenvalue weighted by atomic mass is 16.6. The molecule has 0 spiro atoms. The smallest absolute Gasteiger partial charge is 0.408 e. The lowest BCUT2D eigenvalue weighted by atomic mass is 9.47. The molecule has 9 atom stereocenters. The Bertz CT molecular complexity index is 1290. The van der Waals surface area contributed by atoms with Crippen molar-refractivity contribution in [2.24, 2.45) is 22.7 Å². The van der Waals surface area contributed by atoms with Crippen LogP contribution >= 0.6 is 0 Å². The molecule has 4 rings (SSSR count). The minimum absolute atomic E-state index is 0.0375. The SMILES string of the molecule is CC(=O)O[C@H]1C(=O)[C@@]2(C)C(C[C@]3(O)C[C@H](OC(=O)C[C@H](C=C(C)C)NC(=O)OC(C)(C)C)C(C)=C1C3(C)C)C1CO[C@@H]1C[C@@H]2O. The number of amides is 1. The summed E-state index contributed by atoms with van der Waals surface area (Å²) < 4.78 is 22.9. The Morgan fingerprint density at radius 3 is 2.29 bits per heavy atom. The zero-order valence-corrected chi connectivity index (χ0v) is 28.3. The van der Waals surface area contributed by atoms with Crippen molar-refractivity contribution in [3.63, 3.8) is 0 Å². The molecule has 11 heteroatoms. The first-order valence-electron chi connectivity index (χ1n) is 15.9. The fourth-order valence-corrected chi connectivity index (χ4v) is 7.92. The van der Waals surface area contributed by atoms with E-state index in [4.69, 9.17) is 18.9 Å². The van der Waals surface area contributed by atoms with Crippen LogP contribution < -0.4 is 5.32 Å². The molecular weight excluding hydrogens is 582 g/mol. The van der Waals surface area contributed by atoms with Gasteiger partial charge >= 0.3 is 18.0 Å². The fourth-order valence-electron chi connectivity index (χ4n) is 7.92. The predicted molar refractivity (Wildman–Crippen MR) is 164 cm³/mol. The summed E-state index contributed by atoms with van der Waals surface area (Å²) in [6, 6.07) is -0.714. The third-order valence-electron chi connectivity index (χ3n) is 10.5. The van der Waals surface area contributed by atoms with E-state index in [1.54, 1.807) is 40.7 Å². The Balaban J connectivity index is 1.72. The van der Waals surface area contributed by atoms with Crippen molar-refractivity contribution >= 4 is 23.8 Å². The number of carbonyl (C=O) groups is 4. The average molecular weight is 634 g/mol. The predicted octanol–water partition coefficient (Wildman–Crippen LogP) is 3.93. The normalized spacial score (nSPS) is 36.1. The van der Waals surface area contributed by atoms with Gasteiger partial charge in [0.15, 0.2) is 11.9 Å². The molecule has 0 aromatic carbocycles. The Morgan fingerprint density at radius 2 is 1.76 bits per heavy atom. The molecule has 0 radical (unpaired) electrons. The molecule has 3 N–H and O–H groups in total. The van der Waals surface area contributed by atoms with Gasteiger partial charge in [-0.1, -0.05) is 25.5 Å². The number of aliphatic hydroxyl groups excluding tert-OH is 1. The number of ether oxygens (including phenoxy) is 4. The lowest BCUT2D eigenvalue weighted by molar-refractivity contribution is -0.244. The number of carbonyl (C=O) groups excluding carboxylic acids is 4. The second kappa shape index (κ2) is 12.1. The van der Waals surface area contributed by atoms with Gasteiger partial charge in [0.05, 0.1) is 42.3 Å². The monoisotopic (exact) mass is 633 g/mol. The maximum atomic E-state index is 14.5. The van der Waals surface area contributed by atoms with Crippen LogP contribution in [-0.4, -0.2) is 82.3 Å². The first kappa shape index (κ1) is 35.1. The third-order valence-corrected chi connectivity index (χ3v) is 10.5. The van der Waals surface area contributed by atoms with Crippen molar-refractivity contribution in [2.75, 3.05) is 6.61 Å². The van der Waals surface area contributed by atoms with Gasteiger partial charge in [-0.25, -0.2) is 4.79 Å². The molecule has 3 fully saturated rings. The van der Waals surface area contributed by atoms with Crippen molar-refractivity contribution in [3.05, 3.63) is 22.8 Å². The topological polar surface area (TPSA) is 158 Å². The summed E-state index contributed by atoms with van der Waals surface area (Å²) in [6.45, 7) is 17.6. The molecule has 1 saturated heterocycles. The third kappa shape index (κ3) is 6.58. The quantitative estimate of drug-likeness (QED) is 0.222. The second-order valence-electron chi connectivity index (χ2n) is 15.4. The van der Waals surface area contributed by atoms with E-state index in [0.29, 0.717) is 17.8 Å². The summed E-state index contributed by atoms with van der Waals surface area (Å²) in [6.07, 6.45) is -2.29. The minimum atomic E-state index is -1.50. The van der Waals surface area contributed by atoms with Gasteiger partial charge in [0.1, 0.15) is 11.7 Å². The standard InChI is InChI=1S/C34H51NO10/c1-17(2)11-20(35-30(40)45-31(5,6)7)12-26(38)44-24-15-34(41)14-22-21-16-42-23(21)13-25(37)33(22,10)29(39)28(43-19(4)36)27(18(24)3)32(34,8)9/h11,20-25,28,37,41H,12-16H2,1-10H3,(H,35,40)/t20-,21?,22?,23+,24-,25-,28+,33-,34-/m0/s1. The number of aliphatic hydroxyl groups is 2. The van der Waals surface area contributed by atoms with Crippen molar-refractivity contribution < 1.29 is 48.3 Å². The maximum absolute atomic E-state index is 14.5. The number of esters is 2. The van der Waals surface area contributed by atoms with E-state index < -0.39 is 76.1 Å². The number of nitrogens with one attached hydrogen (secondary N) is 1. The number of hydrogen-bond acceptors (Lipinski definition) is 10. The molecule has 0 aromatic heterocycles. The summed E-state index contributed by atoms with van der Waals surface area (Å²) >= 11 is 0. The summed E-state index contributed by atoms with van der Waals surface area (Å²) in [7, 11) is 0. The number of fused-ring (bicyclic) bond motifs is 5. The van der Waals surface area contributed by atoms with E-state index in [2.05, 4.69) is 5.32 Å². The highest BCUT2D eigenvalue weighted by Crippen LogP contribution is 2.61. The van der Waals surface area contributed by atoms with Gasteiger partial charge in [-0.3, -0.25) is 14.4 Å². The molecule has 252 valence electrons. The molecule has 4 aliphatic rings. The summed E-state index contributed by atoms with van der Waals surface area (Å²) in [5.41, 5.74) is -2.82. The summed E-state index contributed by atoms with van der Waals surface area (Å²) in [5.74, 6) is -2.27. The minimum Gasteiger partial charge on any atom is -0.458 e. The van der Waals surface area contributed by atoms with Gasteiger partial charge in [0.2, 0.25) is 0 Å². The van der Waals surface area contributed by atoms with E-state index >= 15 is 0 Å². The van der Waals surface area contributed by atoms with Crippen LogP contribution in [0, 0.1) is 22.7 Å². The highest BCUT2D eigenvalue weighted by molar-refractivity contribution is 5.94. The number of ketones is 1. The summed E-state index contributed by atoms with van der Waals surface area (Å²) in [4.78, 5) is 53.0.